The van der Waals surface area contributed by atoms with E-state index in [1.807, 2.05) is 12.1 Å². The number of aryl methyl sites for hydroxylation is 2. The Morgan fingerprint density at radius 1 is 1.20 bits per heavy atom. The number of fused-ring (bicyclic) bond motifs is 2. The number of hydrogen-bond donors (Lipinski definition) is 1. The van der Waals surface area contributed by atoms with Crippen molar-refractivity contribution in [1.29, 1.82) is 5.26 Å². The van der Waals surface area contributed by atoms with Crippen LogP contribution in [0.15, 0.2) is 53.8 Å². The SMILES string of the molecule is N#Cc1ccc2ncn(-c3nc(N4CC(F)(F)C4)c4[nH]c(=O)n(CCc5cccnc5)c4n3)c2c1. The van der Waals surface area contributed by atoms with Gasteiger partial charge >= 0.3 is 5.69 Å². The van der Waals surface area contributed by atoms with Crippen LogP contribution in [0.1, 0.15) is 11.1 Å². The summed E-state index contributed by atoms with van der Waals surface area (Å²) in [5.74, 6) is -2.45. The number of aromatic nitrogens is 7. The van der Waals surface area contributed by atoms with Gasteiger partial charge < -0.3 is 9.88 Å². The number of hydrogen-bond acceptors (Lipinski definition) is 7. The molecular weight excluding hydrogens is 456 g/mol. The lowest BCUT2D eigenvalue weighted by molar-refractivity contribution is -0.0265. The van der Waals surface area contributed by atoms with Gasteiger partial charge in [-0.15, -0.1) is 0 Å². The van der Waals surface area contributed by atoms with Gasteiger partial charge in [0.25, 0.3) is 5.92 Å². The van der Waals surface area contributed by atoms with Crippen LogP contribution in [0.3, 0.4) is 0 Å². The zero-order valence-electron chi connectivity index (χ0n) is 18.2. The third kappa shape index (κ3) is 3.57. The predicted molar refractivity (Wildman–Crippen MR) is 123 cm³/mol. The Balaban J connectivity index is 1.51. The second kappa shape index (κ2) is 7.69. The summed E-state index contributed by atoms with van der Waals surface area (Å²) >= 11 is 0. The minimum atomic E-state index is -2.83. The number of halogens is 2. The van der Waals surface area contributed by atoms with E-state index in [2.05, 4.69) is 31.0 Å². The van der Waals surface area contributed by atoms with Crippen molar-refractivity contribution in [1.82, 2.24) is 34.1 Å². The van der Waals surface area contributed by atoms with Gasteiger partial charge in [0.15, 0.2) is 11.5 Å². The van der Waals surface area contributed by atoms with Gasteiger partial charge in [0, 0.05) is 18.9 Å². The van der Waals surface area contributed by atoms with Crippen molar-refractivity contribution >= 4 is 28.0 Å². The molecule has 5 aromatic rings. The number of nitrogens with zero attached hydrogens (tertiary/aromatic N) is 8. The largest absolute Gasteiger partial charge is 0.342 e. The second-order valence-electron chi connectivity index (χ2n) is 8.38. The smallest absolute Gasteiger partial charge is 0.327 e. The van der Waals surface area contributed by atoms with Crippen molar-refractivity contribution in [2.75, 3.05) is 18.0 Å². The molecule has 0 amide bonds. The van der Waals surface area contributed by atoms with Gasteiger partial charge in [-0.1, -0.05) is 6.07 Å². The van der Waals surface area contributed by atoms with E-state index >= 15 is 0 Å². The molecule has 0 aliphatic carbocycles. The molecule has 0 unspecified atom stereocenters. The van der Waals surface area contributed by atoms with Gasteiger partial charge in [-0.3, -0.25) is 14.1 Å². The topological polar surface area (TPSA) is 121 Å². The number of anilines is 1. The van der Waals surface area contributed by atoms with Crippen molar-refractivity contribution in [3.63, 3.8) is 0 Å². The highest BCUT2D eigenvalue weighted by atomic mass is 19.3. The first-order chi connectivity index (χ1) is 16.9. The summed E-state index contributed by atoms with van der Waals surface area (Å²) in [4.78, 5) is 34.6. The molecule has 4 aromatic heterocycles. The predicted octanol–water partition coefficient (Wildman–Crippen LogP) is 2.42. The first-order valence-electron chi connectivity index (χ1n) is 10.8. The molecule has 0 atom stereocenters. The van der Waals surface area contributed by atoms with Crippen molar-refractivity contribution in [2.45, 2.75) is 18.9 Å². The Morgan fingerprint density at radius 3 is 2.80 bits per heavy atom. The average Bonchev–Trinajstić information content (AvgIpc) is 3.41. The molecule has 0 bridgehead atoms. The van der Waals surface area contributed by atoms with Crippen LogP contribution < -0.4 is 10.6 Å². The van der Waals surface area contributed by atoms with Crippen LogP contribution in [-0.4, -0.2) is 53.1 Å². The van der Waals surface area contributed by atoms with Gasteiger partial charge in [-0.05, 0) is 36.2 Å². The lowest BCUT2D eigenvalue weighted by Gasteiger charge is -2.39. The maximum atomic E-state index is 13.7. The number of rotatable bonds is 5. The molecule has 174 valence electrons. The first kappa shape index (κ1) is 20.9. The molecule has 1 aliphatic rings. The van der Waals surface area contributed by atoms with E-state index < -0.39 is 24.7 Å². The molecule has 0 spiro atoms. The number of benzene rings is 1. The molecular formula is C23H17F2N9O. The molecule has 12 heteroatoms. The number of aromatic amines is 1. The molecule has 1 aromatic carbocycles. The summed E-state index contributed by atoms with van der Waals surface area (Å²) in [6, 6.07) is 10.8. The van der Waals surface area contributed by atoms with Crippen LogP contribution >= 0.6 is 0 Å². The molecule has 5 heterocycles. The van der Waals surface area contributed by atoms with Crippen molar-refractivity contribution in [3.8, 4) is 12.0 Å². The van der Waals surface area contributed by atoms with Gasteiger partial charge in [-0.2, -0.15) is 15.2 Å². The quantitative estimate of drug-likeness (QED) is 0.416. The third-order valence-electron chi connectivity index (χ3n) is 5.97. The molecule has 1 aliphatic heterocycles. The van der Waals surface area contributed by atoms with Crippen LogP contribution in [0, 0.1) is 11.3 Å². The van der Waals surface area contributed by atoms with Crippen molar-refractivity contribution < 1.29 is 8.78 Å². The molecule has 6 rings (SSSR count). The minimum Gasteiger partial charge on any atom is -0.342 e. The van der Waals surface area contributed by atoms with Crippen molar-refractivity contribution in [2.24, 2.45) is 0 Å². The molecule has 1 saturated heterocycles. The number of nitrogens with one attached hydrogen (secondary N) is 1. The van der Waals surface area contributed by atoms with Gasteiger partial charge in [0.05, 0.1) is 35.8 Å². The van der Waals surface area contributed by atoms with Gasteiger partial charge in [0.1, 0.15) is 11.8 Å². The molecule has 1 fully saturated rings. The Kier molecular flexibility index (Phi) is 4.60. The van der Waals surface area contributed by atoms with Gasteiger partial charge in [0.2, 0.25) is 5.95 Å². The Morgan fingerprint density at radius 2 is 2.06 bits per heavy atom. The van der Waals surface area contributed by atoms with Crippen LogP contribution in [0.2, 0.25) is 0 Å². The molecule has 0 saturated carbocycles. The van der Waals surface area contributed by atoms with Gasteiger partial charge in [-0.25, -0.2) is 18.6 Å². The maximum Gasteiger partial charge on any atom is 0.327 e. The first-order valence-corrected chi connectivity index (χ1v) is 10.8. The Hall–Kier alpha value is -4.66. The van der Waals surface area contributed by atoms with E-state index in [1.54, 1.807) is 35.2 Å². The van der Waals surface area contributed by atoms with Crippen LogP contribution in [-0.2, 0) is 13.0 Å². The fourth-order valence-electron chi connectivity index (χ4n) is 4.23. The molecule has 1 N–H and O–H groups in total. The molecule has 35 heavy (non-hydrogen) atoms. The number of pyridine rings is 1. The summed E-state index contributed by atoms with van der Waals surface area (Å²) in [5.41, 5.74) is 2.75. The molecule has 0 radical (unpaired) electrons. The number of imidazole rings is 2. The fourth-order valence-corrected chi connectivity index (χ4v) is 4.23. The standard InChI is InChI=1S/C23H17F2N9O/c24-23(25)11-32(12-23)19-18-20(33(22(35)29-18)7-5-14-2-1-6-27-10-14)31-21(30-19)34-13-28-16-4-3-15(9-26)8-17(16)34/h1-4,6,8,10,13H,5,7,11-12H2,(H,29,35). The van der Waals surface area contributed by atoms with Crippen LogP contribution in [0.4, 0.5) is 14.6 Å². The lowest BCUT2D eigenvalue weighted by Crippen LogP contribution is -2.56. The highest BCUT2D eigenvalue weighted by molar-refractivity contribution is 5.86. The maximum absolute atomic E-state index is 13.7. The summed E-state index contributed by atoms with van der Waals surface area (Å²) in [5, 5.41) is 9.30. The monoisotopic (exact) mass is 473 g/mol. The van der Waals surface area contributed by atoms with Crippen molar-refractivity contribution in [3.05, 3.63) is 70.7 Å². The van der Waals surface area contributed by atoms with E-state index in [1.165, 1.54) is 15.8 Å². The van der Waals surface area contributed by atoms with E-state index in [0.29, 0.717) is 40.7 Å². The fraction of sp³-hybridized carbons (Fsp3) is 0.217. The summed E-state index contributed by atoms with van der Waals surface area (Å²) < 4.78 is 30.5. The lowest BCUT2D eigenvalue weighted by atomic mass is 10.1. The van der Waals surface area contributed by atoms with Crippen LogP contribution in [0.25, 0.3) is 28.1 Å². The summed E-state index contributed by atoms with van der Waals surface area (Å²) in [7, 11) is 0. The highest BCUT2D eigenvalue weighted by Gasteiger charge is 2.45. The second-order valence-corrected chi connectivity index (χ2v) is 8.38. The van der Waals surface area contributed by atoms with E-state index in [4.69, 9.17) is 0 Å². The van der Waals surface area contributed by atoms with E-state index in [0.717, 1.165) is 5.56 Å². The zero-order chi connectivity index (χ0) is 24.2. The van der Waals surface area contributed by atoms with E-state index in [9.17, 15) is 18.8 Å². The minimum absolute atomic E-state index is 0.162. The molecule has 10 nitrogen and oxygen atoms in total. The highest BCUT2D eigenvalue weighted by Crippen LogP contribution is 2.34. The van der Waals surface area contributed by atoms with E-state index in [-0.39, 0.29) is 11.8 Å². The summed E-state index contributed by atoms with van der Waals surface area (Å²) in [6.45, 7) is -0.713. The number of nitriles is 1. The number of alkyl halides is 2. The normalized spacial score (nSPS) is 14.8. The van der Waals surface area contributed by atoms with Crippen LogP contribution in [0.5, 0.6) is 0 Å². The zero-order valence-corrected chi connectivity index (χ0v) is 18.2. The summed E-state index contributed by atoms with van der Waals surface area (Å²) in [6.07, 6.45) is 5.42. The Labute approximate surface area is 196 Å². The Bertz CT molecular complexity index is 1670. The third-order valence-corrected chi connectivity index (χ3v) is 5.97. The number of H-pyrrole nitrogens is 1. The average molecular weight is 473 g/mol.